The summed E-state index contributed by atoms with van der Waals surface area (Å²) in [4.78, 5) is 0. The second-order valence-electron chi connectivity index (χ2n) is 9.99. The van der Waals surface area contributed by atoms with Crippen LogP contribution in [0.1, 0.15) is 84.5 Å². The first-order chi connectivity index (χ1) is 10.6. The first kappa shape index (κ1) is 14.3. The van der Waals surface area contributed by atoms with Crippen LogP contribution >= 0.6 is 0 Å². The summed E-state index contributed by atoms with van der Waals surface area (Å²) in [6.45, 7) is 6.35. The van der Waals surface area contributed by atoms with E-state index in [0.717, 1.165) is 30.3 Å². The van der Waals surface area contributed by atoms with Crippen LogP contribution in [0.25, 0.3) is 0 Å². The van der Waals surface area contributed by atoms with Crippen LogP contribution in [0.5, 0.6) is 0 Å². The van der Waals surface area contributed by atoms with Gasteiger partial charge in [0, 0.05) is 6.42 Å². The highest BCUT2D eigenvalue weighted by atomic mass is 16.5. The summed E-state index contributed by atoms with van der Waals surface area (Å²) in [5, 5.41) is 0. The molecular weight excluding hydrogens is 268 g/mol. The quantitative estimate of drug-likeness (QED) is 0.567. The Morgan fingerprint density at radius 3 is 2.36 bits per heavy atom. The summed E-state index contributed by atoms with van der Waals surface area (Å²) < 4.78 is 6.26. The molecule has 5 aliphatic rings. The fourth-order valence-electron chi connectivity index (χ4n) is 8.38. The minimum Gasteiger partial charge on any atom is -0.374 e. The van der Waals surface area contributed by atoms with Crippen LogP contribution in [0.15, 0.2) is 0 Å². The maximum atomic E-state index is 6.26. The molecule has 5 rings (SSSR count). The maximum Gasteiger partial charge on any atom is 0.0760 e. The lowest BCUT2D eigenvalue weighted by atomic mass is 9.44. The van der Waals surface area contributed by atoms with E-state index in [-0.39, 0.29) is 0 Å². The molecule has 1 nitrogen and oxygen atoms in total. The van der Waals surface area contributed by atoms with Crippen LogP contribution in [0.4, 0.5) is 0 Å². The fraction of sp³-hybridized carbons (Fsp3) is 1.00. The number of hydrogen-bond donors (Lipinski definition) is 0. The molecule has 0 unspecified atom stereocenters. The first-order valence-corrected chi connectivity index (χ1v) is 10.2. The summed E-state index contributed by atoms with van der Waals surface area (Å²) in [5.41, 5.74) is 1.52. The number of ether oxygens (including phenoxy) is 1. The fourth-order valence-corrected chi connectivity index (χ4v) is 8.38. The van der Waals surface area contributed by atoms with Crippen molar-refractivity contribution < 1.29 is 4.74 Å². The molecule has 124 valence electrons. The van der Waals surface area contributed by atoms with E-state index in [0.29, 0.717) is 16.4 Å². The average molecular weight is 303 g/mol. The molecule has 1 saturated heterocycles. The minimum absolute atomic E-state index is 0.312. The lowest BCUT2D eigenvalue weighted by Gasteiger charge is -2.63. The molecule has 1 heterocycles. The zero-order chi connectivity index (χ0) is 15.0. The van der Waals surface area contributed by atoms with Crippen LogP contribution in [0, 0.1) is 34.5 Å². The molecule has 0 bridgehead atoms. The van der Waals surface area contributed by atoms with Crippen LogP contribution in [-0.4, -0.2) is 12.2 Å². The van der Waals surface area contributed by atoms with Gasteiger partial charge in [-0.2, -0.15) is 0 Å². The van der Waals surface area contributed by atoms with Crippen molar-refractivity contribution in [3.05, 3.63) is 0 Å². The van der Waals surface area contributed by atoms with Gasteiger partial charge in [0.1, 0.15) is 0 Å². The smallest absolute Gasteiger partial charge is 0.0760 e. The number of fused-ring (bicyclic) bond motifs is 6. The molecule has 22 heavy (non-hydrogen) atoms. The highest BCUT2D eigenvalue weighted by Crippen LogP contribution is 2.70. The average Bonchev–Trinajstić information content (AvgIpc) is 2.79. The Morgan fingerprint density at radius 2 is 1.59 bits per heavy atom. The normalized spacial score (nSPS) is 60.3. The van der Waals surface area contributed by atoms with Gasteiger partial charge in [-0.15, -0.1) is 0 Å². The Morgan fingerprint density at radius 1 is 0.773 bits per heavy atom. The topological polar surface area (TPSA) is 9.23 Å². The van der Waals surface area contributed by atoms with E-state index in [1.807, 2.05) is 0 Å². The molecule has 0 aromatic carbocycles. The molecule has 0 aromatic heterocycles. The van der Waals surface area contributed by atoms with Crippen molar-refractivity contribution in [2.24, 2.45) is 34.5 Å². The van der Waals surface area contributed by atoms with Crippen LogP contribution in [0.3, 0.4) is 0 Å². The highest BCUT2D eigenvalue weighted by molar-refractivity contribution is 5.16. The molecule has 5 fully saturated rings. The Kier molecular flexibility index (Phi) is 2.94. The van der Waals surface area contributed by atoms with E-state index in [2.05, 4.69) is 13.8 Å². The lowest BCUT2D eigenvalue weighted by Crippen LogP contribution is -2.59. The number of rotatable bonds is 0. The third-order valence-electron chi connectivity index (χ3n) is 9.76. The van der Waals surface area contributed by atoms with Gasteiger partial charge in [-0.1, -0.05) is 26.7 Å². The van der Waals surface area contributed by atoms with E-state index in [4.69, 9.17) is 4.74 Å². The second kappa shape index (κ2) is 4.52. The van der Waals surface area contributed by atoms with E-state index >= 15 is 0 Å². The second-order valence-corrected chi connectivity index (χ2v) is 9.99. The molecule has 0 aromatic rings. The SMILES string of the molecule is C[C@]12CCCC[C@@H]1CC[C@H]1[C@H]3CC[C@@]4(CCO4)[C@@]3(C)CC[C@@H]12. The molecule has 1 spiro atoms. The zero-order valence-electron chi connectivity index (χ0n) is 14.7. The standard InChI is InChI=1S/C21H34O/c1-19-10-4-3-5-15(19)6-7-16-17(19)8-11-20(2)18(16)9-12-21(20)13-14-22-21/h15-18H,3-14H2,1-2H3/t15-,16-,17+,18-,19+,20+,21-/m1/s1. The minimum atomic E-state index is 0.312. The summed E-state index contributed by atoms with van der Waals surface area (Å²) in [6.07, 6.45) is 16.3. The molecule has 7 atom stereocenters. The molecule has 0 amide bonds. The molecule has 4 saturated carbocycles. The van der Waals surface area contributed by atoms with Crippen molar-refractivity contribution in [2.45, 2.75) is 90.1 Å². The van der Waals surface area contributed by atoms with Gasteiger partial charge in [0.25, 0.3) is 0 Å². The zero-order valence-corrected chi connectivity index (χ0v) is 14.7. The lowest BCUT2D eigenvalue weighted by molar-refractivity contribution is -0.231. The molecular formula is C21H34O. The molecule has 4 aliphatic carbocycles. The summed E-state index contributed by atoms with van der Waals surface area (Å²) in [6, 6.07) is 0. The Bertz CT molecular complexity index is 465. The first-order valence-electron chi connectivity index (χ1n) is 10.2. The van der Waals surface area contributed by atoms with Crippen molar-refractivity contribution in [2.75, 3.05) is 6.61 Å². The summed E-state index contributed by atoms with van der Waals surface area (Å²) in [5.74, 6) is 4.11. The molecule has 1 heteroatoms. The van der Waals surface area contributed by atoms with E-state index < -0.39 is 0 Å². The molecule has 1 aliphatic heterocycles. The van der Waals surface area contributed by atoms with Gasteiger partial charge in [-0.3, -0.25) is 0 Å². The predicted octanol–water partition coefficient (Wildman–Crippen LogP) is 5.58. The maximum absolute atomic E-state index is 6.26. The third-order valence-corrected chi connectivity index (χ3v) is 9.76. The highest BCUT2D eigenvalue weighted by Gasteiger charge is 2.66. The van der Waals surface area contributed by atoms with Crippen LogP contribution in [0.2, 0.25) is 0 Å². The molecule has 0 radical (unpaired) electrons. The Balaban J connectivity index is 1.47. The van der Waals surface area contributed by atoms with Crippen molar-refractivity contribution in [1.82, 2.24) is 0 Å². The third kappa shape index (κ3) is 1.55. The van der Waals surface area contributed by atoms with E-state index in [9.17, 15) is 0 Å². The largest absolute Gasteiger partial charge is 0.374 e. The van der Waals surface area contributed by atoms with Gasteiger partial charge in [0.2, 0.25) is 0 Å². The van der Waals surface area contributed by atoms with Crippen molar-refractivity contribution in [1.29, 1.82) is 0 Å². The van der Waals surface area contributed by atoms with Crippen LogP contribution in [-0.2, 0) is 4.74 Å². The summed E-state index contributed by atoms with van der Waals surface area (Å²) in [7, 11) is 0. The Labute approximate surface area is 136 Å². The van der Waals surface area contributed by atoms with Crippen LogP contribution < -0.4 is 0 Å². The van der Waals surface area contributed by atoms with Gasteiger partial charge in [0.05, 0.1) is 12.2 Å². The van der Waals surface area contributed by atoms with Gasteiger partial charge >= 0.3 is 0 Å². The van der Waals surface area contributed by atoms with Crippen molar-refractivity contribution >= 4 is 0 Å². The predicted molar refractivity (Wildman–Crippen MR) is 89.6 cm³/mol. The van der Waals surface area contributed by atoms with Gasteiger partial charge < -0.3 is 4.74 Å². The van der Waals surface area contributed by atoms with Crippen molar-refractivity contribution in [3.63, 3.8) is 0 Å². The van der Waals surface area contributed by atoms with E-state index in [1.165, 1.54) is 64.2 Å². The summed E-state index contributed by atoms with van der Waals surface area (Å²) >= 11 is 0. The van der Waals surface area contributed by atoms with E-state index in [1.54, 1.807) is 6.42 Å². The number of hydrogen-bond acceptors (Lipinski definition) is 1. The van der Waals surface area contributed by atoms with Gasteiger partial charge in [-0.25, -0.2) is 0 Å². The van der Waals surface area contributed by atoms with Crippen molar-refractivity contribution in [3.8, 4) is 0 Å². The molecule has 0 N–H and O–H groups in total. The Hall–Kier alpha value is -0.0400. The van der Waals surface area contributed by atoms with Gasteiger partial charge in [-0.05, 0) is 85.9 Å². The monoisotopic (exact) mass is 302 g/mol. The van der Waals surface area contributed by atoms with Gasteiger partial charge in [0.15, 0.2) is 0 Å².